The molecule has 3 aromatic rings. The minimum absolute atomic E-state index is 0.152. The predicted molar refractivity (Wildman–Crippen MR) is 95.8 cm³/mol. The first kappa shape index (κ1) is 15.7. The zero-order chi connectivity index (χ0) is 16.9. The number of ether oxygens (including phenoxy) is 1. The van der Waals surface area contributed by atoms with Crippen molar-refractivity contribution >= 4 is 33.1 Å². The van der Waals surface area contributed by atoms with Gasteiger partial charge in [0.2, 0.25) is 5.95 Å². The molecule has 0 bridgehead atoms. The Balaban J connectivity index is 1.82. The molecule has 0 spiro atoms. The van der Waals surface area contributed by atoms with E-state index in [1.54, 1.807) is 17.7 Å². The third kappa shape index (κ3) is 2.64. The quantitative estimate of drug-likeness (QED) is 0.781. The summed E-state index contributed by atoms with van der Waals surface area (Å²) < 4.78 is 7.77. The van der Waals surface area contributed by atoms with E-state index in [1.807, 2.05) is 4.52 Å². The molecule has 8 heteroatoms. The smallest absolute Gasteiger partial charge is 0.227 e. The zero-order valence-corrected chi connectivity index (χ0v) is 15.3. The lowest BCUT2D eigenvalue weighted by molar-refractivity contribution is -0.0379. The molecule has 0 amide bonds. The number of hydrogen-bond donors (Lipinski definition) is 1. The minimum atomic E-state index is -0.152. The second kappa shape index (κ2) is 5.65. The molecule has 0 atom stereocenters. The average Bonchev–Trinajstić information content (AvgIpc) is 3.09. The summed E-state index contributed by atoms with van der Waals surface area (Å²) in [5, 5.41) is 8.88. The summed E-state index contributed by atoms with van der Waals surface area (Å²) >= 11 is 1.70. The summed E-state index contributed by atoms with van der Waals surface area (Å²) in [6, 6.07) is 0. The fraction of sp³-hybridized carbons (Fsp3) is 0.562. The minimum Gasteiger partial charge on any atom is -0.370 e. The lowest BCUT2D eigenvalue weighted by Gasteiger charge is -2.30. The standard InChI is InChI=1S/C16H22N6OS/c1-16(2)7-10-11(8-23-16)24-14-12(10)13-18-9-19-22(13)15(20-14)17-5-6-21(3)4/h9H,5-8H2,1-4H3,(H,17,20). The first-order valence-corrected chi connectivity index (χ1v) is 8.93. The van der Waals surface area contributed by atoms with E-state index >= 15 is 0 Å². The number of thiophene rings is 1. The van der Waals surface area contributed by atoms with Crippen LogP contribution in [-0.4, -0.2) is 57.3 Å². The molecule has 0 radical (unpaired) electrons. The Bertz CT molecular complexity index is 897. The van der Waals surface area contributed by atoms with Gasteiger partial charge in [-0.2, -0.15) is 9.61 Å². The highest BCUT2D eigenvalue weighted by Gasteiger charge is 2.31. The maximum absolute atomic E-state index is 5.96. The molecule has 0 aromatic carbocycles. The summed E-state index contributed by atoms with van der Waals surface area (Å²) in [7, 11) is 4.11. The van der Waals surface area contributed by atoms with Crippen molar-refractivity contribution in [1.29, 1.82) is 0 Å². The fourth-order valence-corrected chi connectivity index (χ4v) is 4.16. The Morgan fingerprint density at radius 1 is 1.42 bits per heavy atom. The lowest BCUT2D eigenvalue weighted by Crippen LogP contribution is -2.31. The topological polar surface area (TPSA) is 67.6 Å². The van der Waals surface area contributed by atoms with Gasteiger partial charge in [-0.05, 0) is 33.5 Å². The predicted octanol–water partition coefficient (Wildman–Crippen LogP) is 2.16. The van der Waals surface area contributed by atoms with Crippen LogP contribution >= 0.6 is 11.3 Å². The highest BCUT2D eigenvalue weighted by molar-refractivity contribution is 7.19. The van der Waals surface area contributed by atoms with Gasteiger partial charge in [0, 0.05) is 24.4 Å². The van der Waals surface area contributed by atoms with Crippen molar-refractivity contribution in [3.63, 3.8) is 0 Å². The van der Waals surface area contributed by atoms with Crippen LogP contribution < -0.4 is 5.32 Å². The van der Waals surface area contributed by atoms with Crippen molar-refractivity contribution in [3.05, 3.63) is 16.8 Å². The molecule has 1 aliphatic heterocycles. The largest absolute Gasteiger partial charge is 0.370 e. The Labute approximate surface area is 144 Å². The maximum Gasteiger partial charge on any atom is 0.227 e. The van der Waals surface area contributed by atoms with Crippen LogP contribution in [0.2, 0.25) is 0 Å². The van der Waals surface area contributed by atoms with E-state index in [4.69, 9.17) is 9.72 Å². The van der Waals surface area contributed by atoms with Gasteiger partial charge in [-0.1, -0.05) is 0 Å². The fourth-order valence-electron chi connectivity index (χ4n) is 3.06. The molecule has 0 fully saturated rings. The van der Waals surface area contributed by atoms with Gasteiger partial charge in [-0.15, -0.1) is 11.3 Å². The monoisotopic (exact) mass is 346 g/mol. The first-order chi connectivity index (χ1) is 11.4. The van der Waals surface area contributed by atoms with Gasteiger partial charge in [-0.3, -0.25) is 0 Å². The molecule has 3 aromatic heterocycles. The second-order valence-electron chi connectivity index (χ2n) is 7.07. The highest BCUT2D eigenvalue weighted by atomic mass is 32.1. The summed E-state index contributed by atoms with van der Waals surface area (Å²) in [4.78, 5) is 13.7. The molecule has 4 rings (SSSR count). The Morgan fingerprint density at radius 2 is 2.25 bits per heavy atom. The van der Waals surface area contributed by atoms with Gasteiger partial charge in [-0.25, -0.2) is 9.97 Å². The van der Waals surface area contributed by atoms with Crippen molar-refractivity contribution in [1.82, 2.24) is 24.5 Å². The molecular weight excluding hydrogens is 324 g/mol. The molecular formula is C16H22N6OS. The van der Waals surface area contributed by atoms with Crippen molar-refractivity contribution in [2.75, 3.05) is 32.5 Å². The number of fused-ring (bicyclic) bond motifs is 5. The van der Waals surface area contributed by atoms with Crippen molar-refractivity contribution in [3.8, 4) is 0 Å². The number of likely N-dealkylation sites (N-methyl/N-ethyl adjacent to an activating group) is 1. The van der Waals surface area contributed by atoms with Crippen molar-refractivity contribution in [2.24, 2.45) is 0 Å². The second-order valence-corrected chi connectivity index (χ2v) is 8.15. The zero-order valence-electron chi connectivity index (χ0n) is 14.5. The Morgan fingerprint density at radius 3 is 3.04 bits per heavy atom. The number of nitrogens with one attached hydrogen (secondary N) is 1. The molecule has 1 aliphatic rings. The number of anilines is 1. The molecule has 7 nitrogen and oxygen atoms in total. The normalized spacial score (nSPS) is 16.9. The van der Waals surface area contributed by atoms with Crippen LogP contribution in [0.4, 0.5) is 5.95 Å². The van der Waals surface area contributed by atoms with E-state index in [-0.39, 0.29) is 5.60 Å². The van der Waals surface area contributed by atoms with E-state index < -0.39 is 0 Å². The van der Waals surface area contributed by atoms with Gasteiger partial charge in [0.1, 0.15) is 11.2 Å². The van der Waals surface area contributed by atoms with Crippen LogP contribution in [0.3, 0.4) is 0 Å². The van der Waals surface area contributed by atoms with Crippen LogP contribution in [0.15, 0.2) is 6.33 Å². The third-order valence-electron chi connectivity index (χ3n) is 4.29. The molecule has 4 heterocycles. The van der Waals surface area contributed by atoms with E-state index in [1.165, 1.54) is 10.4 Å². The first-order valence-electron chi connectivity index (χ1n) is 8.11. The molecule has 0 saturated heterocycles. The summed E-state index contributed by atoms with van der Waals surface area (Å²) in [5.74, 6) is 0.746. The molecule has 24 heavy (non-hydrogen) atoms. The van der Waals surface area contributed by atoms with Gasteiger partial charge in [0.05, 0.1) is 17.6 Å². The van der Waals surface area contributed by atoms with Crippen LogP contribution in [-0.2, 0) is 17.8 Å². The lowest BCUT2D eigenvalue weighted by atomic mass is 9.94. The van der Waals surface area contributed by atoms with Gasteiger partial charge in [0.25, 0.3) is 0 Å². The molecule has 128 valence electrons. The number of hydrogen-bond acceptors (Lipinski definition) is 7. The van der Waals surface area contributed by atoms with Gasteiger partial charge < -0.3 is 15.0 Å². The van der Waals surface area contributed by atoms with Crippen LogP contribution in [0.5, 0.6) is 0 Å². The van der Waals surface area contributed by atoms with Crippen LogP contribution in [0, 0.1) is 0 Å². The Hall–Kier alpha value is -1.77. The maximum atomic E-state index is 5.96. The SMILES string of the molecule is CN(C)CCNc1nc2sc3c(c2c2ncnn12)CC(C)(C)OC3. The van der Waals surface area contributed by atoms with Crippen molar-refractivity contribution in [2.45, 2.75) is 32.5 Å². The molecule has 0 saturated carbocycles. The Kier molecular flexibility index (Phi) is 3.70. The third-order valence-corrected chi connectivity index (χ3v) is 5.39. The van der Waals surface area contributed by atoms with Gasteiger partial charge >= 0.3 is 0 Å². The molecule has 0 aliphatic carbocycles. The summed E-state index contributed by atoms with van der Waals surface area (Å²) in [5.41, 5.74) is 2.04. The van der Waals surface area contributed by atoms with Crippen LogP contribution in [0.1, 0.15) is 24.3 Å². The number of rotatable bonds is 4. The summed E-state index contributed by atoms with van der Waals surface area (Å²) in [6.45, 7) is 6.64. The number of nitrogens with zero attached hydrogens (tertiary/aromatic N) is 5. The van der Waals surface area contributed by atoms with E-state index in [0.29, 0.717) is 6.61 Å². The molecule has 1 N–H and O–H groups in total. The van der Waals surface area contributed by atoms with Gasteiger partial charge in [0.15, 0.2) is 5.65 Å². The van der Waals surface area contributed by atoms with E-state index in [9.17, 15) is 0 Å². The average molecular weight is 346 g/mol. The molecule has 0 unspecified atom stereocenters. The van der Waals surface area contributed by atoms with E-state index in [0.717, 1.165) is 41.3 Å². The summed E-state index contributed by atoms with van der Waals surface area (Å²) in [6.07, 6.45) is 2.47. The van der Waals surface area contributed by atoms with E-state index in [2.05, 4.69) is 48.2 Å². The highest BCUT2D eigenvalue weighted by Crippen LogP contribution is 2.40. The van der Waals surface area contributed by atoms with Crippen LogP contribution in [0.25, 0.3) is 15.9 Å². The van der Waals surface area contributed by atoms with Crippen molar-refractivity contribution < 1.29 is 4.74 Å². The number of aromatic nitrogens is 4.